The molecule has 0 spiro atoms. The van der Waals surface area contributed by atoms with Crippen molar-refractivity contribution in [1.29, 1.82) is 0 Å². The summed E-state index contributed by atoms with van der Waals surface area (Å²) in [7, 11) is 3.29. The molecule has 0 aliphatic heterocycles. The SMILES string of the molecule is O=[P+](c1ccccc1)c1c[cH-]c([P+](=O)c2ccccc2)c1.O=[P+](c1ccccc1)c1c[cH-]c([P+](=O)c2ccccc2)c1.[Cl][Ti][Cl]. The van der Waals surface area contributed by atoms with Gasteiger partial charge in [-0.1, -0.05) is 91.1 Å². The molecule has 222 valence electrons. The van der Waals surface area contributed by atoms with Crippen molar-refractivity contribution < 1.29 is 35.3 Å². The van der Waals surface area contributed by atoms with Crippen molar-refractivity contribution in [3.05, 3.63) is 158 Å². The number of halogens is 2. The molecule has 4 unspecified atom stereocenters. The maximum absolute atomic E-state index is 12.5. The van der Waals surface area contributed by atoms with Crippen molar-refractivity contribution in [2.45, 2.75) is 0 Å². The topological polar surface area (TPSA) is 68.3 Å². The predicted molar refractivity (Wildman–Crippen MR) is 189 cm³/mol. The summed E-state index contributed by atoms with van der Waals surface area (Å²) in [6.07, 6.45) is 0. The summed E-state index contributed by atoms with van der Waals surface area (Å²) in [6.45, 7) is 0. The summed E-state index contributed by atoms with van der Waals surface area (Å²) in [5.74, 6) is 0. The molecule has 0 fully saturated rings. The van der Waals surface area contributed by atoms with Crippen molar-refractivity contribution >= 4 is 92.3 Å². The zero-order valence-electron chi connectivity index (χ0n) is 23.7. The quantitative estimate of drug-likeness (QED) is 0.0934. The summed E-state index contributed by atoms with van der Waals surface area (Å²) in [5.41, 5.74) is 0. The molecule has 6 rings (SSSR count). The van der Waals surface area contributed by atoms with Gasteiger partial charge in [0.2, 0.25) is 0 Å². The predicted octanol–water partition coefficient (Wildman–Crippen LogP) is 7.30. The fraction of sp³-hybridized carbons (Fsp3) is 0. The van der Waals surface area contributed by atoms with Gasteiger partial charge >= 0.3 is 66.8 Å². The Bertz CT molecular complexity index is 1590. The Morgan fingerprint density at radius 1 is 0.400 bits per heavy atom. The van der Waals surface area contributed by atoms with Crippen LogP contribution in [0.3, 0.4) is 0 Å². The van der Waals surface area contributed by atoms with Crippen LogP contribution < -0.4 is 42.4 Å². The summed E-state index contributed by atoms with van der Waals surface area (Å²) in [5, 5.41) is 6.07. The zero-order valence-corrected chi connectivity index (χ0v) is 30.3. The Balaban J connectivity index is 0.000000189. The molecule has 0 saturated heterocycles. The van der Waals surface area contributed by atoms with Crippen molar-refractivity contribution in [2.75, 3.05) is 0 Å². The monoisotopic (exact) mass is 740 g/mol. The summed E-state index contributed by atoms with van der Waals surface area (Å²) in [6, 6.07) is 48.2. The van der Waals surface area contributed by atoms with Crippen LogP contribution >= 0.6 is 49.8 Å². The molecule has 0 radical (unpaired) electrons. The van der Waals surface area contributed by atoms with E-state index in [2.05, 4.69) is 0 Å². The minimum absolute atomic E-state index is 0.556. The third-order valence-electron chi connectivity index (χ3n) is 6.34. The van der Waals surface area contributed by atoms with Gasteiger partial charge in [0, 0.05) is 0 Å². The fourth-order valence-electron chi connectivity index (χ4n) is 4.19. The standard InChI is InChI=1S/2C17H13O2P2.2ClH.Ti/c2*18-20(14-7-3-1-4-8-14)16-11-12-17(13-16)21(19)15-9-5-2-6-10-15;;;/h2*1-13H;2*1H;/q2*+1;;;+2/p-2. The van der Waals surface area contributed by atoms with Gasteiger partial charge in [0.25, 0.3) is 0 Å². The van der Waals surface area contributed by atoms with Crippen molar-refractivity contribution in [2.24, 2.45) is 0 Å². The summed E-state index contributed by atoms with van der Waals surface area (Å²) >= 11 is -0.556. The first-order valence-corrected chi connectivity index (χ1v) is 22.9. The van der Waals surface area contributed by atoms with Crippen LogP contribution in [-0.4, -0.2) is 0 Å². The van der Waals surface area contributed by atoms with Crippen LogP contribution in [0.2, 0.25) is 0 Å². The molecule has 4 nitrogen and oxygen atoms in total. The van der Waals surface area contributed by atoms with E-state index in [4.69, 9.17) is 18.6 Å². The van der Waals surface area contributed by atoms with E-state index in [1.54, 1.807) is 36.4 Å². The molecule has 0 aliphatic carbocycles. The third-order valence-corrected chi connectivity index (χ3v) is 12.4. The molecule has 0 heterocycles. The van der Waals surface area contributed by atoms with E-state index in [-0.39, 0.29) is 0 Å². The van der Waals surface area contributed by atoms with E-state index >= 15 is 0 Å². The number of rotatable bonds is 8. The zero-order chi connectivity index (χ0) is 32.0. The number of hydrogen-bond acceptors (Lipinski definition) is 4. The Hall–Kier alpha value is -2.73. The Kier molecular flexibility index (Phi) is 14.4. The van der Waals surface area contributed by atoms with Gasteiger partial charge in [0.05, 0.1) is 21.2 Å². The second-order valence-electron chi connectivity index (χ2n) is 9.25. The van der Waals surface area contributed by atoms with Gasteiger partial charge in [0.1, 0.15) is 0 Å². The number of benzene rings is 4. The molecule has 6 aromatic rings. The molecule has 0 amide bonds. The van der Waals surface area contributed by atoms with Gasteiger partial charge in [-0.2, -0.15) is 0 Å². The van der Waals surface area contributed by atoms with Crippen molar-refractivity contribution in [1.82, 2.24) is 0 Å². The molecule has 11 heteroatoms. The molecule has 45 heavy (non-hydrogen) atoms. The Morgan fingerprint density at radius 2 is 0.644 bits per heavy atom. The Labute approximate surface area is 283 Å². The van der Waals surface area contributed by atoms with Crippen LogP contribution in [0.5, 0.6) is 0 Å². The van der Waals surface area contributed by atoms with Gasteiger partial charge in [0.15, 0.2) is 21.2 Å². The third kappa shape index (κ3) is 10.1. The molecule has 0 saturated carbocycles. The molecule has 4 atom stereocenters. The van der Waals surface area contributed by atoms with E-state index in [1.807, 2.05) is 121 Å². The van der Waals surface area contributed by atoms with Crippen LogP contribution in [0.25, 0.3) is 0 Å². The first-order chi connectivity index (χ1) is 21.9. The van der Waals surface area contributed by atoms with E-state index in [1.165, 1.54) is 0 Å². The van der Waals surface area contributed by atoms with E-state index < -0.39 is 48.2 Å². The van der Waals surface area contributed by atoms with Gasteiger partial charge in [-0.3, -0.25) is 0 Å². The van der Waals surface area contributed by atoms with Crippen LogP contribution in [-0.2, 0) is 35.3 Å². The average Bonchev–Trinajstić information content (AvgIpc) is 3.81. The molecule has 0 bridgehead atoms. The van der Waals surface area contributed by atoms with Crippen LogP contribution in [0, 0.1) is 0 Å². The Morgan fingerprint density at radius 3 is 0.911 bits per heavy atom. The van der Waals surface area contributed by atoms with Gasteiger partial charge < -0.3 is 0 Å². The van der Waals surface area contributed by atoms with E-state index in [0.29, 0.717) is 0 Å². The van der Waals surface area contributed by atoms with Crippen LogP contribution in [0.1, 0.15) is 0 Å². The molecule has 0 N–H and O–H groups in total. The number of hydrogen-bond donors (Lipinski definition) is 0. The van der Waals surface area contributed by atoms with Crippen molar-refractivity contribution in [3.8, 4) is 0 Å². The molecule has 0 aromatic heterocycles. The fourth-order valence-corrected chi connectivity index (χ4v) is 9.23. The minimum atomic E-state index is -1.62. The van der Waals surface area contributed by atoms with Crippen LogP contribution in [0.4, 0.5) is 0 Å². The average molecular weight is 741 g/mol. The molecular formula is C34H26Cl2O4P4Ti+2. The second-order valence-corrected chi connectivity index (χ2v) is 18.3. The molecular weight excluding hydrogens is 715 g/mol. The normalized spacial score (nSPS) is 11.5. The van der Waals surface area contributed by atoms with Crippen LogP contribution in [0.15, 0.2) is 158 Å². The van der Waals surface area contributed by atoms with E-state index in [0.717, 1.165) is 42.4 Å². The van der Waals surface area contributed by atoms with Gasteiger partial charge in [-0.25, -0.2) is 0 Å². The van der Waals surface area contributed by atoms with E-state index in [9.17, 15) is 18.3 Å². The second kappa shape index (κ2) is 18.4. The summed E-state index contributed by atoms with van der Waals surface area (Å²) < 4.78 is 49.9. The first kappa shape index (κ1) is 35.1. The summed E-state index contributed by atoms with van der Waals surface area (Å²) in [4.78, 5) is 0. The molecule has 6 aromatic carbocycles. The van der Waals surface area contributed by atoms with Crippen molar-refractivity contribution in [3.63, 3.8) is 0 Å². The maximum atomic E-state index is 12.5. The van der Waals surface area contributed by atoms with Gasteiger partial charge in [-0.05, 0) is 48.5 Å². The first-order valence-electron chi connectivity index (χ1n) is 13.5. The van der Waals surface area contributed by atoms with Gasteiger partial charge in [-0.15, -0.1) is 36.4 Å². The molecule has 0 aliphatic rings.